The first-order valence-electron chi connectivity index (χ1n) is 7.65. The summed E-state index contributed by atoms with van der Waals surface area (Å²) in [4.78, 5) is 23.5. The molecule has 0 spiro atoms. The largest absolute Gasteiger partial charge is 0.350 e. The van der Waals surface area contributed by atoms with E-state index in [2.05, 4.69) is 16.0 Å². The van der Waals surface area contributed by atoms with Crippen LogP contribution in [-0.2, 0) is 16.0 Å². The minimum Gasteiger partial charge on any atom is -0.350 e. The predicted octanol–water partition coefficient (Wildman–Crippen LogP) is 1.45. The lowest BCUT2D eigenvalue weighted by atomic mass is 10.0. The molecule has 1 fully saturated rings. The van der Waals surface area contributed by atoms with E-state index in [9.17, 15) is 9.59 Å². The second-order valence-corrected chi connectivity index (χ2v) is 7.01. The number of hydrogen-bond acceptors (Lipinski definition) is 4. The van der Waals surface area contributed by atoms with Crippen LogP contribution in [0.1, 0.15) is 30.5 Å². The molecule has 1 aromatic rings. The molecule has 1 aromatic carbocycles. The topological polar surface area (TPSA) is 70.2 Å². The number of carbonyl (C=O) groups is 2. The van der Waals surface area contributed by atoms with Gasteiger partial charge in [-0.3, -0.25) is 9.59 Å². The molecular formula is C16H21N3O2S. The van der Waals surface area contributed by atoms with Crippen LogP contribution in [0.2, 0.25) is 0 Å². The summed E-state index contributed by atoms with van der Waals surface area (Å²) in [5.41, 5.74) is 2.93. The monoisotopic (exact) mass is 319 g/mol. The number of fused-ring (bicyclic) bond motifs is 1. The van der Waals surface area contributed by atoms with Crippen LogP contribution in [-0.4, -0.2) is 35.9 Å². The second kappa shape index (κ2) is 6.71. The van der Waals surface area contributed by atoms with Crippen molar-refractivity contribution in [1.29, 1.82) is 0 Å². The molecule has 2 unspecified atom stereocenters. The lowest BCUT2D eigenvalue weighted by Gasteiger charge is -2.23. The van der Waals surface area contributed by atoms with E-state index >= 15 is 0 Å². The summed E-state index contributed by atoms with van der Waals surface area (Å²) in [6, 6.07) is 6.10. The summed E-state index contributed by atoms with van der Waals surface area (Å²) in [5.74, 6) is 2.22. The molecule has 0 aliphatic carbocycles. The van der Waals surface area contributed by atoms with E-state index in [1.54, 1.807) is 0 Å². The second-order valence-electron chi connectivity index (χ2n) is 5.86. The Morgan fingerprint density at radius 3 is 3.14 bits per heavy atom. The van der Waals surface area contributed by atoms with Gasteiger partial charge in [-0.15, -0.1) is 0 Å². The lowest BCUT2D eigenvalue weighted by molar-refractivity contribution is -0.122. The van der Waals surface area contributed by atoms with Gasteiger partial charge in [-0.1, -0.05) is 12.1 Å². The molecule has 2 amide bonds. The maximum absolute atomic E-state index is 12.2. The average Bonchev–Trinajstić information content (AvgIpc) is 2.87. The Morgan fingerprint density at radius 2 is 2.36 bits per heavy atom. The van der Waals surface area contributed by atoms with E-state index in [4.69, 9.17) is 0 Å². The van der Waals surface area contributed by atoms with Crippen LogP contribution in [0, 0.1) is 0 Å². The molecule has 0 bridgehead atoms. The number of nitrogens with one attached hydrogen (secondary N) is 3. The van der Waals surface area contributed by atoms with E-state index in [0.29, 0.717) is 12.8 Å². The van der Waals surface area contributed by atoms with Crippen molar-refractivity contribution in [3.05, 3.63) is 29.3 Å². The van der Waals surface area contributed by atoms with Gasteiger partial charge in [0.05, 0.1) is 12.5 Å². The average molecular weight is 319 g/mol. The summed E-state index contributed by atoms with van der Waals surface area (Å²) in [7, 11) is 0. The first-order valence-corrected chi connectivity index (χ1v) is 8.80. The molecule has 2 aliphatic rings. The van der Waals surface area contributed by atoms with Crippen molar-refractivity contribution in [3.63, 3.8) is 0 Å². The van der Waals surface area contributed by atoms with Crippen molar-refractivity contribution in [3.8, 4) is 0 Å². The number of anilines is 1. The number of thioether (sulfide) groups is 1. The number of benzene rings is 1. The lowest BCUT2D eigenvalue weighted by Crippen LogP contribution is -2.41. The Morgan fingerprint density at radius 1 is 1.50 bits per heavy atom. The van der Waals surface area contributed by atoms with Gasteiger partial charge in [0.15, 0.2) is 0 Å². The van der Waals surface area contributed by atoms with Crippen LogP contribution in [0.4, 0.5) is 5.69 Å². The highest BCUT2D eigenvalue weighted by Gasteiger charge is 2.21. The summed E-state index contributed by atoms with van der Waals surface area (Å²) < 4.78 is 0. The summed E-state index contributed by atoms with van der Waals surface area (Å²) in [5, 5.41) is 9.25. The highest BCUT2D eigenvalue weighted by molar-refractivity contribution is 7.99. The number of amides is 2. The van der Waals surface area contributed by atoms with Gasteiger partial charge in [-0.05, 0) is 24.1 Å². The first-order chi connectivity index (χ1) is 10.6. The maximum atomic E-state index is 12.2. The SMILES string of the molecule is CC(NC(=O)CC1CSCCN1)c1ccc2c(c1)CC(=O)N2. The van der Waals surface area contributed by atoms with Crippen molar-refractivity contribution < 1.29 is 9.59 Å². The molecule has 6 heteroatoms. The van der Waals surface area contributed by atoms with Crippen LogP contribution in [0.15, 0.2) is 18.2 Å². The quantitative estimate of drug-likeness (QED) is 0.786. The molecule has 0 saturated carbocycles. The van der Waals surface area contributed by atoms with E-state index in [0.717, 1.165) is 34.9 Å². The fourth-order valence-corrected chi connectivity index (χ4v) is 3.83. The van der Waals surface area contributed by atoms with Crippen molar-refractivity contribution in [2.24, 2.45) is 0 Å². The third-order valence-electron chi connectivity index (χ3n) is 4.06. The number of carbonyl (C=O) groups excluding carboxylic acids is 2. The van der Waals surface area contributed by atoms with Crippen LogP contribution >= 0.6 is 11.8 Å². The van der Waals surface area contributed by atoms with Gasteiger partial charge in [-0.25, -0.2) is 0 Å². The molecule has 0 radical (unpaired) electrons. The summed E-state index contributed by atoms with van der Waals surface area (Å²) in [6.45, 7) is 2.96. The van der Waals surface area contributed by atoms with Crippen molar-refractivity contribution in [2.75, 3.05) is 23.4 Å². The summed E-state index contributed by atoms with van der Waals surface area (Å²) in [6.07, 6.45) is 0.940. The Kier molecular flexibility index (Phi) is 4.69. The fraction of sp³-hybridized carbons (Fsp3) is 0.500. The van der Waals surface area contributed by atoms with E-state index < -0.39 is 0 Å². The molecule has 1 saturated heterocycles. The van der Waals surface area contributed by atoms with Crippen molar-refractivity contribution in [2.45, 2.75) is 31.8 Å². The Bertz CT molecular complexity index is 585. The number of hydrogen-bond donors (Lipinski definition) is 3. The van der Waals surface area contributed by atoms with Gasteiger partial charge in [0, 0.05) is 36.2 Å². The summed E-state index contributed by atoms with van der Waals surface area (Å²) >= 11 is 1.89. The highest BCUT2D eigenvalue weighted by Crippen LogP contribution is 2.26. The zero-order valence-electron chi connectivity index (χ0n) is 12.6. The fourth-order valence-electron chi connectivity index (χ4n) is 2.88. The number of rotatable bonds is 4. The molecule has 118 valence electrons. The van der Waals surface area contributed by atoms with Gasteiger partial charge < -0.3 is 16.0 Å². The standard InChI is InChI=1S/C16H21N3O2S/c1-10(18-16(21)8-13-9-22-5-4-17-13)11-2-3-14-12(6-11)7-15(20)19-14/h2-3,6,10,13,17H,4-5,7-9H2,1H3,(H,18,21)(H,19,20). The molecule has 2 atom stereocenters. The molecule has 0 aromatic heterocycles. The smallest absolute Gasteiger partial charge is 0.228 e. The normalized spacial score (nSPS) is 21.9. The molecule has 3 rings (SSSR count). The first kappa shape index (κ1) is 15.4. The van der Waals surface area contributed by atoms with E-state index in [-0.39, 0.29) is 23.9 Å². The minimum absolute atomic E-state index is 0.0321. The molecule has 3 N–H and O–H groups in total. The molecular weight excluding hydrogens is 298 g/mol. The van der Waals surface area contributed by atoms with Gasteiger partial charge in [0.2, 0.25) is 11.8 Å². The van der Waals surface area contributed by atoms with Gasteiger partial charge in [-0.2, -0.15) is 11.8 Å². The van der Waals surface area contributed by atoms with Gasteiger partial charge >= 0.3 is 0 Å². The van der Waals surface area contributed by atoms with Gasteiger partial charge in [0.25, 0.3) is 0 Å². The zero-order valence-corrected chi connectivity index (χ0v) is 13.5. The molecule has 2 aliphatic heterocycles. The molecule has 22 heavy (non-hydrogen) atoms. The minimum atomic E-state index is -0.0512. The zero-order chi connectivity index (χ0) is 15.5. The van der Waals surface area contributed by atoms with Crippen LogP contribution < -0.4 is 16.0 Å². The predicted molar refractivity (Wildman–Crippen MR) is 89.1 cm³/mol. The maximum Gasteiger partial charge on any atom is 0.228 e. The third-order valence-corrected chi connectivity index (χ3v) is 5.19. The Balaban J connectivity index is 1.57. The Labute approximate surface area is 134 Å². The van der Waals surface area contributed by atoms with Crippen molar-refractivity contribution in [1.82, 2.24) is 10.6 Å². The van der Waals surface area contributed by atoms with Crippen LogP contribution in [0.3, 0.4) is 0 Å². The highest BCUT2D eigenvalue weighted by atomic mass is 32.2. The third kappa shape index (κ3) is 3.62. The van der Waals surface area contributed by atoms with Crippen molar-refractivity contribution >= 4 is 29.3 Å². The van der Waals surface area contributed by atoms with Crippen LogP contribution in [0.5, 0.6) is 0 Å². The molecule has 5 nitrogen and oxygen atoms in total. The van der Waals surface area contributed by atoms with Crippen LogP contribution in [0.25, 0.3) is 0 Å². The van der Waals surface area contributed by atoms with E-state index in [1.165, 1.54) is 0 Å². The van der Waals surface area contributed by atoms with Gasteiger partial charge in [0.1, 0.15) is 0 Å². The Hall–Kier alpha value is -1.53. The molecule has 2 heterocycles. The van der Waals surface area contributed by atoms with E-state index in [1.807, 2.05) is 36.9 Å².